The van der Waals surface area contributed by atoms with Crippen LogP contribution in [0.2, 0.25) is 15.1 Å². The molecule has 2 aromatic carbocycles. The minimum Gasteiger partial charge on any atom is -0.495 e. The van der Waals surface area contributed by atoms with Crippen molar-refractivity contribution in [3.8, 4) is 5.75 Å². The zero-order chi connectivity index (χ0) is 27.0. The molecule has 2 rings (SSSR count). The molecule has 36 heavy (non-hydrogen) atoms. The lowest BCUT2D eigenvalue weighted by molar-refractivity contribution is -0.140. The van der Waals surface area contributed by atoms with Crippen LogP contribution in [0.5, 0.6) is 5.75 Å². The third-order valence-corrected chi connectivity index (χ3v) is 7.48. The monoisotopic (exact) mass is 577 g/mol. The molecule has 0 saturated carbocycles. The third-order valence-electron chi connectivity index (χ3n) is 5.41. The number of sulfonamides is 1. The molecule has 0 spiro atoms. The number of hydrogen-bond acceptors (Lipinski definition) is 5. The van der Waals surface area contributed by atoms with Crippen molar-refractivity contribution in [2.45, 2.75) is 39.3 Å². The molecule has 1 N–H and O–H groups in total. The first kappa shape index (κ1) is 30.0. The number of ether oxygens (including phenoxy) is 1. The summed E-state index contributed by atoms with van der Waals surface area (Å²) >= 11 is 18.8. The van der Waals surface area contributed by atoms with Gasteiger partial charge in [0.1, 0.15) is 18.3 Å². The maximum absolute atomic E-state index is 13.7. The van der Waals surface area contributed by atoms with Crippen LogP contribution in [0.1, 0.15) is 32.3 Å². The average molecular weight is 579 g/mol. The van der Waals surface area contributed by atoms with E-state index in [9.17, 15) is 18.0 Å². The minimum absolute atomic E-state index is 0.0973. The molecule has 0 heterocycles. The fraction of sp³-hybridized carbons (Fsp3) is 0.417. The van der Waals surface area contributed by atoms with Gasteiger partial charge in [-0.1, -0.05) is 54.7 Å². The molecule has 0 aliphatic rings. The van der Waals surface area contributed by atoms with Gasteiger partial charge in [0.05, 0.1) is 19.1 Å². The molecule has 0 saturated heterocycles. The van der Waals surface area contributed by atoms with Crippen molar-refractivity contribution >= 4 is 62.3 Å². The summed E-state index contributed by atoms with van der Waals surface area (Å²) in [7, 11) is -2.58. The quantitative estimate of drug-likeness (QED) is 0.392. The molecule has 0 fully saturated rings. The van der Waals surface area contributed by atoms with Crippen LogP contribution >= 0.6 is 34.8 Å². The number of halogens is 3. The zero-order valence-electron chi connectivity index (χ0n) is 20.6. The topological polar surface area (TPSA) is 96.0 Å². The SMILES string of the molecule is CCCNC(=O)[C@@H](CC)N(Cc1c(Cl)cccc1Cl)C(=O)CN(c1cc(Cl)ccc1OC)S(C)(=O)=O. The molecule has 2 amide bonds. The number of hydrogen-bond donors (Lipinski definition) is 1. The van der Waals surface area contributed by atoms with Crippen LogP contribution in [0.4, 0.5) is 5.69 Å². The second kappa shape index (κ2) is 13.4. The van der Waals surface area contributed by atoms with Crippen LogP contribution in [0.15, 0.2) is 36.4 Å². The van der Waals surface area contributed by atoms with Gasteiger partial charge >= 0.3 is 0 Å². The molecular formula is C24H30Cl3N3O5S. The van der Waals surface area contributed by atoms with Crippen LogP contribution in [0.25, 0.3) is 0 Å². The Balaban J connectivity index is 2.55. The van der Waals surface area contributed by atoms with Gasteiger partial charge in [-0.25, -0.2) is 8.42 Å². The van der Waals surface area contributed by atoms with E-state index in [1.807, 2.05) is 6.92 Å². The van der Waals surface area contributed by atoms with Gasteiger partial charge in [-0.05, 0) is 43.2 Å². The van der Waals surface area contributed by atoms with Gasteiger partial charge in [-0.15, -0.1) is 0 Å². The molecule has 0 aliphatic carbocycles. The Kier molecular flexibility index (Phi) is 11.2. The van der Waals surface area contributed by atoms with Crippen molar-refractivity contribution in [1.82, 2.24) is 10.2 Å². The van der Waals surface area contributed by atoms with Gasteiger partial charge in [0.2, 0.25) is 21.8 Å². The summed E-state index contributed by atoms with van der Waals surface area (Å²) < 4.78 is 31.8. The number of methoxy groups -OCH3 is 1. The van der Waals surface area contributed by atoms with E-state index < -0.39 is 28.5 Å². The van der Waals surface area contributed by atoms with Gasteiger partial charge in [0, 0.05) is 33.7 Å². The molecule has 198 valence electrons. The molecule has 0 aliphatic heterocycles. The van der Waals surface area contributed by atoms with Crippen molar-refractivity contribution in [1.29, 1.82) is 0 Å². The Bertz CT molecular complexity index is 1170. The number of amides is 2. The summed E-state index contributed by atoms with van der Waals surface area (Å²) in [6.45, 7) is 3.41. The highest BCUT2D eigenvalue weighted by molar-refractivity contribution is 7.92. The normalized spacial score (nSPS) is 12.1. The van der Waals surface area contributed by atoms with Gasteiger partial charge in [0.25, 0.3) is 0 Å². The van der Waals surface area contributed by atoms with Gasteiger partial charge in [-0.3, -0.25) is 13.9 Å². The Morgan fingerprint density at radius 2 is 1.72 bits per heavy atom. The number of anilines is 1. The van der Waals surface area contributed by atoms with Crippen molar-refractivity contribution in [3.05, 3.63) is 57.0 Å². The number of carbonyl (C=O) groups excluding carboxylic acids is 2. The van der Waals surface area contributed by atoms with Crippen LogP contribution in [-0.4, -0.2) is 57.6 Å². The third kappa shape index (κ3) is 7.65. The predicted molar refractivity (Wildman–Crippen MR) is 145 cm³/mol. The average Bonchev–Trinajstić information content (AvgIpc) is 2.81. The first-order valence-electron chi connectivity index (χ1n) is 11.3. The van der Waals surface area contributed by atoms with Crippen LogP contribution < -0.4 is 14.4 Å². The molecular weight excluding hydrogens is 549 g/mol. The van der Waals surface area contributed by atoms with E-state index in [-0.39, 0.29) is 35.3 Å². The van der Waals surface area contributed by atoms with E-state index in [2.05, 4.69) is 5.32 Å². The molecule has 0 aromatic heterocycles. The summed E-state index contributed by atoms with van der Waals surface area (Å²) in [5.41, 5.74) is 0.544. The second-order valence-electron chi connectivity index (χ2n) is 8.02. The maximum Gasteiger partial charge on any atom is 0.244 e. The molecule has 0 unspecified atom stereocenters. The van der Waals surface area contributed by atoms with Crippen molar-refractivity contribution < 1.29 is 22.7 Å². The highest BCUT2D eigenvalue weighted by atomic mass is 35.5. The van der Waals surface area contributed by atoms with E-state index in [0.717, 1.165) is 10.6 Å². The number of benzene rings is 2. The number of nitrogens with zero attached hydrogens (tertiary/aromatic N) is 2. The van der Waals surface area contributed by atoms with E-state index in [0.29, 0.717) is 28.6 Å². The summed E-state index contributed by atoms with van der Waals surface area (Å²) in [5, 5.41) is 3.71. The molecule has 8 nitrogen and oxygen atoms in total. The van der Waals surface area contributed by atoms with E-state index in [1.54, 1.807) is 31.2 Å². The van der Waals surface area contributed by atoms with Gasteiger partial charge in [0.15, 0.2) is 0 Å². The Hall–Kier alpha value is -2.20. The fourth-order valence-corrected chi connectivity index (χ4v) is 5.12. The molecule has 0 bridgehead atoms. The molecule has 0 radical (unpaired) electrons. The highest BCUT2D eigenvalue weighted by Gasteiger charge is 2.33. The highest BCUT2D eigenvalue weighted by Crippen LogP contribution is 2.33. The Morgan fingerprint density at radius 1 is 1.08 bits per heavy atom. The summed E-state index contributed by atoms with van der Waals surface area (Å²) in [5.74, 6) is -0.773. The van der Waals surface area contributed by atoms with Gasteiger partial charge < -0.3 is 15.0 Å². The Morgan fingerprint density at radius 3 is 2.25 bits per heavy atom. The first-order chi connectivity index (χ1) is 16.9. The van der Waals surface area contributed by atoms with Crippen LogP contribution in [-0.2, 0) is 26.2 Å². The predicted octanol–water partition coefficient (Wildman–Crippen LogP) is 4.76. The van der Waals surface area contributed by atoms with E-state index >= 15 is 0 Å². The molecule has 1 atom stereocenters. The molecule has 12 heteroatoms. The van der Waals surface area contributed by atoms with Crippen molar-refractivity contribution in [3.63, 3.8) is 0 Å². The van der Waals surface area contributed by atoms with E-state index in [1.165, 1.54) is 24.1 Å². The van der Waals surface area contributed by atoms with Crippen molar-refractivity contribution in [2.24, 2.45) is 0 Å². The summed E-state index contributed by atoms with van der Waals surface area (Å²) in [6, 6.07) is 8.49. The summed E-state index contributed by atoms with van der Waals surface area (Å²) in [4.78, 5) is 28.0. The lowest BCUT2D eigenvalue weighted by Crippen LogP contribution is -2.52. The van der Waals surface area contributed by atoms with E-state index in [4.69, 9.17) is 39.5 Å². The number of carbonyl (C=O) groups is 2. The first-order valence-corrected chi connectivity index (χ1v) is 14.2. The smallest absolute Gasteiger partial charge is 0.244 e. The number of nitrogens with one attached hydrogen (secondary N) is 1. The Labute approximate surface area is 227 Å². The van der Waals surface area contributed by atoms with Crippen LogP contribution in [0, 0.1) is 0 Å². The molecule has 2 aromatic rings. The zero-order valence-corrected chi connectivity index (χ0v) is 23.6. The lowest BCUT2D eigenvalue weighted by atomic mass is 10.1. The lowest BCUT2D eigenvalue weighted by Gasteiger charge is -2.33. The number of rotatable bonds is 12. The standard InChI is InChI=1S/C24H30Cl3N3O5S/c1-5-12-28-24(32)20(6-2)29(14-17-18(26)8-7-9-19(17)27)23(31)15-30(36(4,33)34)21-13-16(25)10-11-22(21)35-3/h7-11,13,20H,5-6,12,14-15H2,1-4H3,(H,28,32)/t20-/m1/s1. The largest absolute Gasteiger partial charge is 0.495 e. The summed E-state index contributed by atoms with van der Waals surface area (Å²) in [6.07, 6.45) is 1.97. The van der Waals surface area contributed by atoms with Crippen LogP contribution in [0.3, 0.4) is 0 Å². The fourth-order valence-electron chi connectivity index (χ4n) is 3.59. The maximum atomic E-state index is 13.7. The minimum atomic E-state index is -3.96. The second-order valence-corrected chi connectivity index (χ2v) is 11.2. The van der Waals surface area contributed by atoms with Gasteiger partial charge in [-0.2, -0.15) is 0 Å². The van der Waals surface area contributed by atoms with Crippen molar-refractivity contribution in [2.75, 3.05) is 30.8 Å².